The Morgan fingerprint density at radius 1 is 1.43 bits per heavy atom. The van der Waals surface area contributed by atoms with E-state index >= 15 is 0 Å². The molecule has 0 bridgehead atoms. The average molecular weight is 286 g/mol. The first-order chi connectivity index (χ1) is 10.2. The molecule has 3 rings (SSSR count). The third-order valence-corrected chi connectivity index (χ3v) is 3.66. The summed E-state index contributed by atoms with van der Waals surface area (Å²) in [6.45, 7) is 1.84. The number of carbonyl (C=O) groups is 1. The fourth-order valence-electron chi connectivity index (χ4n) is 2.56. The molecule has 1 aromatic carbocycles. The number of fused-ring (bicyclic) bond motifs is 1. The zero-order valence-corrected chi connectivity index (χ0v) is 11.9. The minimum Gasteiger partial charge on any atom is -0.484 e. The van der Waals surface area contributed by atoms with Crippen molar-refractivity contribution in [2.24, 2.45) is 0 Å². The SMILES string of the molecule is CC(NC(=O)COc1ccc2c(c1)CCC2)c1ncn[nH]1. The molecule has 6 heteroatoms. The van der Waals surface area contributed by atoms with Crippen molar-refractivity contribution in [2.45, 2.75) is 32.2 Å². The highest BCUT2D eigenvalue weighted by molar-refractivity contribution is 5.77. The Kier molecular flexibility index (Phi) is 3.85. The first kappa shape index (κ1) is 13.6. The maximum atomic E-state index is 11.9. The summed E-state index contributed by atoms with van der Waals surface area (Å²) in [5.41, 5.74) is 2.73. The fraction of sp³-hybridized carbons (Fsp3) is 0.400. The van der Waals surface area contributed by atoms with Gasteiger partial charge in [-0.2, -0.15) is 5.10 Å². The van der Waals surface area contributed by atoms with E-state index in [-0.39, 0.29) is 18.6 Å². The highest BCUT2D eigenvalue weighted by Crippen LogP contribution is 2.25. The largest absolute Gasteiger partial charge is 0.484 e. The van der Waals surface area contributed by atoms with Crippen LogP contribution in [0.5, 0.6) is 5.75 Å². The van der Waals surface area contributed by atoms with Crippen molar-refractivity contribution >= 4 is 5.91 Å². The van der Waals surface area contributed by atoms with Crippen molar-refractivity contribution in [3.8, 4) is 5.75 Å². The van der Waals surface area contributed by atoms with Crippen molar-refractivity contribution < 1.29 is 9.53 Å². The number of hydrogen-bond acceptors (Lipinski definition) is 4. The maximum Gasteiger partial charge on any atom is 0.258 e. The van der Waals surface area contributed by atoms with Crippen LogP contribution in [0.25, 0.3) is 0 Å². The number of ether oxygens (including phenoxy) is 1. The quantitative estimate of drug-likeness (QED) is 0.874. The van der Waals surface area contributed by atoms with Gasteiger partial charge >= 0.3 is 0 Å². The molecule has 21 heavy (non-hydrogen) atoms. The summed E-state index contributed by atoms with van der Waals surface area (Å²) >= 11 is 0. The van der Waals surface area contributed by atoms with Gasteiger partial charge in [-0.05, 0) is 49.4 Å². The van der Waals surface area contributed by atoms with Gasteiger partial charge in [0.05, 0.1) is 6.04 Å². The van der Waals surface area contributed by atoms with Gasteiger partial charge in [-0.25, -0.2) is 4.98 Å². The lowest BCUT2D eigenvalue weighted by Gasteiger charge is -2.12. The predicted molar refractivity (Wildman–Crippen MR) is 76.9 cm³/mol. The smallest absolute Gasteiger partial charge is 0.258 e. The number of amides is 1. The topological polar surface area (TPSA) is 79.9 Å². The van der Waals surface area contributed by atoms with Gasteiger partial charge in [-0.3, -0.25) is 9.89 Å². The van der Waals surface area contributed by atoms with Crippen LogP contribution in [0, 0.1) is 0 Å². The molecule has 1 heterocycles. The molecule has 0 saturated carbocycles. The molecule has 110 valence electrons. The van der Waals surface area contributed by atoms with Crippen LogP contribution in [0.2, 0.25) is 0 Å². The molecule has 1 unspecified atom stereocenters. The number of aryl methyl sites for hydroxylation is 2. The minimum absolute atomic E-state index is 0.00271. The van der Waals surface area contributed by atoms with E-state index in [9.17, 15) is 4.79 Å². The second-order valence-electron chi connectivity index (χ2n) is 5.23. The van der Waals surface area contributed by atoms with E-state index in [0.717, 1.165) is 18.6 Å². The Morgan fingerprint density at radius 2 is 2.29 bits per heavy atom. The van der Waals surface area contributed by atoms with Crippen LogP contribution in [0.15, 0.2) is 24.5 Å². The third-order valence-electron chi connectivity index (χ3n) is 3.66. The Bertz CT molecular complexity index is 625. The Labute approximate surface area is 122 Å². The predicted octanol–water partition coefficient (Wildman–Crippen LogP) is 1.55. The molecule has 2 N–H and O–H groups in total. The zero-order valence-electron chi connectivity index (χ0n) is 11.9. The van der Waals surface area contributed by atoms with Gasteiger partial charge in [-0.1, -0.05) is 6.07 Å². The van der Waals surface area contributed by atoms with Gasteiger partial charge in [-0.15, -0.1) is 0 Å². The molecule has 1 aromatic heterocycles. The number of hydrogen-bond donors (Lipinski definition) is 2. The molecule has 1 amide bonds. The third kappa shape index (κ3) is 3.21. The summed E-state index contributed by atoms with van der Waals surface area (Å²) in [5.74, 6) is 1.19. The van der Waals surface area contributed by atoms with E-state index in [4.69, 9.17) is 4.74 Å². The van der Waals surface area contributed by atoms with Crippen molar-refractivity contribution in [3.63, 3.8) is 0 Å². The number of benzene rings is 1. The van der Waals surface area contributed by atoms with Crippen LogP contribution in [-0.2, 0) is 17.6 Å². The Balaban J connectivity index is 1.52. The van der Waals surface area contributed by atoms with E-state index in [0.29, 0.717) is 5.82 Å². The van der Waals surface area contributed by atoms with Crippen molar-refractivity contribution in [2.75, 3.05) is 6.61 Å². The summed E-state index contributed by atoms with van der Waals surface area (Å²) in [7, 11) is 0. The molecule has 0 fully saturated rings. The second kappa shape index (κ2) is 5.95. The van der Waals surface area contributed by atoms with E-state index in [1.54, 1.807) is 0 Å². The molecule has 0 aliphatic heterocycles. The van der Waals surface area contributed by atoms with Gasteiger partial charge < -0.3 is 10.1 Å². The van der Waals surface area contributed by atoms with E-state index in [1.807, 2.05) is 19.1 Å². The second-order valence-corrected chi connectivity index (χ2v) is 5.23. The number of aromatic amines is 1. The van der Waals surface area contributed by atoms with Crippen molar-refractivity contribution in [1.29, 1.82) is 0 Å². The number of nitrogens with one attached hydrogen (secondary N) is 2. The molecule has 0 radical (unpaired) electrons. The Hall–Kier alpha value is -2.37. The van der Waals surface area contributed by atoms with Gasteiger partial charge in [0.25, 0.3) is 5.91 Å². The molecule has 6 nitrogen and oxygen atoms in total. The van der Waals surface area contributed by atoms with Crippen LogP contribution in [0.3, 0.4) is 0 Å². The van der Waals surface area contributed by atoms with Gasteiger partial charge in [0.15, 0.2) is 6.61 Å². The van der Waals surface area contributed by atoms with Crippen LogP contribution in [-0.4, -0.2) is 27.7 Å². The van der Waals surface area contributed by atoms with E-state index in [2.05, 4.69) is 26.6 Å². The van der Waals surface area contributed by atoms with Crippen LogP contribution >= 0.6 is 0 Å². The summed E-state index contributed by atoms with van der Waals surface area (Å²) in [4.78, 5) is 15.9. The molecule has 0 spiro atoms. The molecular weight excluding hydrogens is 268 g/mol. The highest BCUT2D eigenvalue weighted by Gasteiger charge is 2.14. The van der Waals surface area contributed by atoms with Gasteiger partial charge in [0, 0.05) is 0 Å². The number of carbonyl (C=O) groups excluding carboxylic acids is 1. The monoisotopic (exact) mass is 286 g/mol. The lowest BCUT2D eigenvalue weighted by atomic mass is 10.1. The number of nitrogens with zero attached hydrogens (tertiary/aromatic N) is 2. The molecule has 1 aliphatic rings. The molecule has 2 aromatic rings. The lowest BCUT2D eigenvalue weighted by Crippen LogP contribution is -2.31. The average Bonchev–Trinajstić information content (AvgIpc) is 3.15. The first-order valence-corrected chi connectivity index (χ1v) is 7.11. The lowest BCUT2D eigenvalue weighted by molar-refractivity contribution is -0.123. The van der Waals surface area contributed by atoms with E-state index < -0.39 is 0 Å². The summed E-state index contributed by atoms with van der Waals surface area (Å²) < 4.78 is 5.55. The van der Waals surface area contributed by atoms with Crippen LogP contribution in [0.4, 0.5) is 0 Å². The standard InChI is InChI=1S/C15H18N4O2/c1-10(15-16-9-17-19-15)18-14(20)8-21-13-6-5-11-3-2-4-12(11)7-13/h5-7,9-10H,2-4,8H2,1H3,(H,18,20)(H,16,17,19). The summed E-state index contributed by atoms with van der Waals surface area (Å²) in [6, 6.07) is 5.84. The normalized spacial score (nSPS) is 14.5. The summed E-state index contributed by atoms with van der Waals surface area (Å²) in [6.07, 6.45) is 4.86. The molecular formula is C15H18N4O2. The zero-order chi connectivity index (χ0) is 14.7. The molecule has 0 saturated heterocycles. The Morgan fingerprint density at radius 3 is 3.10 bits per heavy atom. The number of H-pyrrole nitrogens is 1. The first-order valence-electron chi connectivity index (χ1n) is 7.11. The summed E-state index contributed by atoms with van der Waals surface area (Å²) in [5, 5.41) is 9.29. The van der Waals surface area contributed by atoms with Gasteiger partial charge in [0.2, 0.25) is 0 Å². The number of aromatic nitrogens is 3. The van der Waals surface area contributed by atoms with Gasteiger partial charge in [0.1, 0.15) is 17.9 Å². The van der Waals surface area contributed by atoms with E-state index in [1.165, 1.54) is 23.9 Å². The number of rotatable bonds is 5. The van der Waals surface area contributed by atoms with Crippen LogP contribution < -0.4 is 10.1 Å². The van der Waals surface area contributed by atoms with Crippen molar-refractivity contribution in [1.82, 2.24) is 20.5 Å². The van der Waals surface area contributed by atoms with Crippen LogP contribution in [0.1, 0.15) is 36.3 Å². The maximum absolute atomic E-state index is 11.9. The van der Waals surface area contributed by atoms with Crippen molar-refractivity contribution in [3.05, 3.63) is 41.5 Å². The molecule has 1 aliphatic carbocycles. The highest BCUT2D eigenvalue weighted by atomic mass is 16.5. The molecule has 1 atom stereocenters. The fourth-order valence-corrected chi connectivity index (χ4v) is 2.56. The minimum atomic E-state index is -0.219.